The number of hydrogen-bond acceptors (Lipinski definition) is 5. The van der Waals surface area contributed by atoms with E-state index in [1.165, 1.54) is 13.3 Å². The standard InChI is InChI=1S/C20H21N3O5.CH3.Re/c1-12-11-28-15-10-22-9-14(19(25)21-8-13-6-4-3-5-7-13)17(24)18(27-2)16(22)20(26)23(12)15;;/h3-7,9,12,15H,8,10-11H2,1-2H3,(H,21,25);1H3;/q;-1;/t12-,15+;;/m1../s1. The SMILES string of the molecule is COc1c2n(cc(C(=O)NCc3ccccc3)c1=O)C[C@@H]1OC[C@@H](C)N1C2=O.[CH3-].[Re]. The number of ether oxygens (including phenoxy) is 2. The number of nitrogens with one attached hydrogen (secondary N) is 1. The number of fused-ring (bicyclic) bond motifs is 2. The molecule has 9 heteroatoms. The molecule has 1 N–H and O–H groups in total. The molecule has 0 bridgehead atoms. The Kier molecular flexibility index (Phi) is 7.59. The molecule has 8 nitrogen and oxygen atoms in total. The van der Waals surface area contributed by atoms with E-state index in [4.69, 9.17) is 9.47 Å². The Balaban J connectivity index is 0.00000160. The molecule has 4 rings (SSSR count). The van der Waals surface area contributed by atoms with Gasteiger partial charge in [0.05, 0.1) is 26.3 Å². The van der Waals surface area contributed by atoms with E-state index >= 15 is 0 Å². The summed E-state index contributed by atoms with van der Waals surface area (Å²) in [7, 11) is 1.33. The Hall–Kier alpha value is -2.47. The van der Waals surface area contributed by atoms with Gasteiger partial charge in [-0.05, 0) is 12.5 Å². The van der Waals surface area contributed by atoms with Gasteiger partial charge in [-0.1, -0.05) is 30.3 Å². The fourth-order valence-electron chi connectivity index (χ4n) is 3.68. The van der Waals surface area contributed by atoms with Crippen LogP contribution in [-0.4, -0.2) is 47.3 Å². The summed E-state index contributed by atoms with van der Waals surface area (Å²) in [6.07, 6.45) is 1.00. The van der Waals surface area contributed by atoms with Crippen LogP contribution in [0.15, 0.2) is 41.3 Å². The van der Waals surface area contributed by atoms with Gasteiger partial charge in [-0.25, -0.2) is 0 Å². The third kappa shape index (κ3) is 4.06. The molecule has 0 unspecified atom stereocenters. The molecular weight excluding hydrogens is 560 g/mol. The van der Waals surface area contributed by atoms with Gasteiger partial charge < -0.3 is 31.7 Å². The quantitative estimate of drug-likeness (QED) is 0.550. The maximum Gasteiger partial charge on any atom is 0.276 e. The van der Waals surface area contributed by atoms with Crippen LogP contribution < -0.4 is 15.5 Å². The van der Waals surface area contributed by atoms with Crippen LogP contribution in [0.25, 0.3) is 0 Å². The molecule has 3 heterocycles. The number of carbonyl (C=O) groups excluding carboxylic acids is 2. The van der Waals surface area contributed by atoms with Crippen molar-refractivity contribution in [3.8, 4) is 5.75 Å². The van der Waals surface area contributed by atoms with E-state index < -0.39 is 17.6 Å². The van der Waals surface area contributed by atoms with Crippen LogP contribution in [-0.2, 0) is 38.2 Å². The summed E-state index contributed by atoms with van der Waals surface area (Å²) in [5, 5.41) is 2.74. The van der Waals surface area contributed by atoms with Gasteiger partial charge in [-0.15, -0.1) is 0 Å². The molecule has 1 aromatic carbocycles. The zero-order valence-corrected chi connectivity index (χ0v) is 19.8. The fourth-order valence-corrected chi connectivity index (χ4v) is 3.68. The average Bonchev–Trinajstić information content (AvgIpc) is 3.08. The zero-order chi connectivity index (χ0) is 19.8. The number of nitrogens with zero attached hydrogens (tertiary/aromatic N) is 2. The van der Waals surface area contributed by atoms with Crippen LogP contribution in [0.3, 0.4) is 0 Å². The Bertz CT molecular complexity index is 992. The van der Waals surface area contributed by atoms with E-state index in [0.717, 1.165) is 5.56 Å². The van der Waals surface area contributed by atoms with Crippen LogP contribution >= 0.6 is 0 Å². The summed E-state index contributed by atoms with van der Waals surface area (Å²) < 4.78 is 12.5. The third-order valence-corrected chi connectivity index (χ3v) is 5.09. The van der Waals surface area contributed by atoms with Gasteiger partial charge in [0, 0.05) is 33.2 Å². The van der Waals surface area contributed by atoms with Crippen molar-refractivity contribution in [2.75, 3.05) is 13.7 Å². The zero-order valence-electron chi connectivity index (χ0n) is 17.1. The number of aromatic nitrogens is 1. The monoisotopic (exact) mass is 585 g/mol. The van der Waals surface area contributed by atoms with Crippen LogP contribution in [0.5, 0.6) is 5.75 Å². The van der Waals surface area contributed by atoms with E-state index in [-0.39, 0.29) is 56.8 Å². The molecule has 1 radical (unpaired) electrons. The molecule has 2 aliphatic heterocycles. The molecule has 2 atom stereocenters. The van der Waals surface area contributed by atoms with E-state index in [1.807, 2.05) is 37.3 Å². The molecular formula is C21H24N3O5Re-. The van der Waals surface area contributed by atoms with Crippen molar-refractivity contribution in [3.63, 3.8) is 0 Å². The number of amides is 2. The molecule has 0 aliphatic carbocycles. The fraction of sp³-hybridized carbons (Fsp3) is 0.333. The molecule has 161 valence electrons. The van der Waals surface area contributed by atoms with E-state index in [9.17, 15) is 14.4 Å². The summed E-state index contributed by atoms with van der Waals surface area (Å²) in [5.74, 6) is -0.959. The summed E-state index contributed by atoms with van der Waals surface area (Å²) in [6, 6.07) is 9.31. The number of methoxy groups -OCH3 is 1. The largest absolute Gasteiger partial charge is 0.491 e. The predicted octanol–water partition coefficient (Wildman–Crippen LogP) is 1.44. The predicted molar refractivity (Wildman–Crippen MR) is 107 cm³/mol. The summed E-state index contributed by atoms with van der Waals surface area (Å²) >= 11 is 0. The minimum Gasteiger partial charge on any atom is -0.491 e. The summed E-state index contributed by atoms with van der Waals surface area (Å²) in [5.41, 5.74) is 0.406. The van der Waals surface area contributed by atoms with Gasteiger partial charge in [-0.2, -0.15) is 0 Å². The molecule has 2 aromatic rings. The van der Waals surface area contributed by atoms with Gasteiger partial charge >= 0.3 is 0 Å². The normalized spacial score (nSPS) is 19.1. The van der Waals surface area contributed by atoms with Crippen molar-refractivity contribution in [1.82, 2.24) is 14.8 Å². The van der Waals surface area contributed by atoms with Crippen LogP contribution in [0.1, 0.15) is 33.3 Å². The van der Waals surface area contributed by atoms with Crippen molar-refractivity contribution in [2.45, 2.75) is 32.3 Å². The van der Waals surface area contributed by atoms with E-state index in [1.54, 1.807) is 9.47 Å². The molecule has 0 spiro atoms. The Morgan fingerprint density at radius 2 is 1.97 bits per heavy atom. The minimum atomic E-state index is -0.598. The van der Waals surface area contributed by atoms with Gasteiger partial charge in [0.2, 0.25) is 5.43 Å². The summed E-state index contributed by atoms with van der Waals surface area (Å²) in [6.45, 7) is 2.95. The second-order valence-electron chi connectivity index (χ2n) is 6.92. The first-order valence-corrected chi connectivity index (χ1v) is 9.09. The maximum absolute atomic E-state index is 12.9. The number of carbonyl (C=O) groups is 2. The molecule has 2 aliphatic rings. The van der Waals surface area contributed by atoms with Gasteiger partial charge in [0.25, 0.3) is 11.8 Å². The summed E-state index contributed by atoms with van der Waals surface area (Å²) in [4.78, 5) is 40.0. The second-order valence-corrected chi connectivity index (χ2v) is 6.92. The number of benzene rings is 1. The van der Waals surface area contributed by atoms with Crippen molar-refractivity contribution in [3.05, 3.63) is 71.0 Å². The molecule has 1 saturated heterocycles. The average molecular weight is 585 g/mol. The van der Waals surface area contributed by atoms with E-state index in [0.29, 0.717) is 19.7 Å². The van der Waals surface area contributed by atoms with Crippen molar-refractivity contribution in [1.29, 1.82) is 0 Å². The van der Waals surface area contributed by atoms with E-state index in [2.05, 4.69) is 5.32 Å². The molecule has 2 amide bonds. The van der Waals surface area contributed by atoms with Crippen LogP contribution in [0.2, 0.25) is 0 Å². The molecule has 0 saturated carbocycles. The van der Waals surface area contributed by atoms with Crippen molar-refractivity contribution >= 4 is 11.8 Å². The number of pyridine rings is 1. The van der Waals surface area contributed by atoms with Gasteiger partial charge in [0.15, 0.2) is 17.7 Å². The Morgan fingerprint density at radius 1 is 1.27 bits per heavy atom. The smallest absolute Gasteiger partial charge is 0.276 e. The maximum atomic E-state index is 12.9. The Morgan fingerprint density at radius 3 is 2.63 bits per heavy atom. The minimum absolute atomic E-state index is 0. The second kappa shape index (κ2) is 9.56. The number of rotatable bonds is 4. The first-order chi connectivity index (χ1) is 13.5. The molecule has 30 heavy (non-hydrogen) atoms. The molecule has 1 fully saturated rings. The Labute approximate surface area is 188 Å². The van der Waals surface area contributed by atoms with Crippen molar-refractivity contribution < 1.29 is 39.5 Å². The van der Waals surface area contributed by atoms with Gasteiger partial charge in [-0.3, -0.25) is 14.4 Å². The third-order valence-electron chi connectivity index (χ3n) is 5.09. The first-order valence-electron chi connectivity index (χ1n) is 9.09. The topological polar surface area (TPSA) is 89.9 Å². The number of hydrogen-bond donors (Lipinski definition) is 1. The van der Waals surface area contributed by atoms with Crippen LogP contribution in [0, 0.1) is 7.43 Å². The van der Waals surface area contributed by atoms with Gasteiger partial charge in [0.1, 0.15) is 5.56 Å². The molecule has 1 aromatic heterocycles. The van der Waals surface area contributed by atoms with Crippen molar-refractivity contribution in [2.24, 2.45) is 0 Å². The first kappa shape index (κ1) is 23.8. The van der Waals surface area contributed by atoms with Crippen LogP contribution in [0.4, 0.5) is 0 Å².